The summed E-state index contributed by atoms with van der Waals surface area (Å²) in [7, 11) is 0. The number of carbonyl (C=O) groups is 2. The van der Waals surface area contributed by atoms with Crippen molar-refractivity contribution in [2.24, 2.45) is 0 Å². The molecule has 6 nitrogen and oxygen atoms in total. The first-order valence-corrected chi connectivity index (χ1v) is 9.75. The molecule has 0 aromatic heterocycles. The minimum Gasteiger partial charge on any atom is -0.428 e. The summed E-state index contributed by atoms with van der Waals surface area (Å²) in [5.41, 5.74) is 1.40. The molecule has 0 amide bonds. The van der Waals surface area contributed by atoms with Crippen molar-refractivity contribution in [3.63, 3.8) is 0 Å². The maximum absolute atomic E-state index is 11.0. The summed E-state index contributed by atoms with van der Waals surface area (Å²) < 4.78 is 10.0. The Bertz CT molecular complexity index is 839. The fourth-order valence-corrected chi connectivity index (χ4v) is 3.02. The van der Waals surface area contributed by atoms with Crippen LogP contribution in [0.4, 0.5) is 0 Å². The van der Waals surface area contributed by atoms with Gasteiger partial charge in [-0.05, 0) is 42.8 Å². The highest BCUT2D eigenvalue weighted by Gasteiger charge is 2.29. The molecule has 150 valence electrons. The maximum Gasteiger partial charge on any atom is 0.341 e. The number of rotatable bonds is 1. The molecule has 2 aliphatic rings. The summed E-state index contributed by atoms with van der Waals surface area (Å²) in [6, 6.07) is 9.71. The van der Waals surface area contributed by atoms with Crippen LogP contribution in [0.25, 0.3) is 0 Å². The lowest BCUT2D eigenvalue weighted by Crippen LogP contribution is -1.99. The molecule has 4 rings (SSSR count). The number of aliphatic hydroxyl groups excluding tert-OH is 2. The molecule has 0 bridgehead atoms. The van der Waals surface area contributed by atoms with Gasteiger partial charge in [0.15, 0.2) is 12.6 Å². The lowest BCUT2D eigenvalue weighted by atomic mass is 10.1. The van der Waals surface area contributed by atoms with Crippen LogP contribution in [0.15, 0.2) is 40.9 Å². The van der Waals surface area contributed by atoms with Gasteiger partial charge >= 0.3 is 5.97 Å². The van der Waals surface area contributed by atoms with Gasteiger partial charge < -0.3 is 19.7 Å². The molecule has 2 aromatic rings. The van der Waals surface area contributed by atoms with E-state index in [0.717, 1.165) is 30.2 Å². The van der Waals surface area contributed by atoms with Gasteiger partial charge in [0.25, 0.3) is 0 Å². The van der Waals surface area contributed by atoms with E-state index in [1.165, 1.54) is 12.1 Å². The largest absolute Gasteiger partial charge is 0.428 e. The molecule has 1 saturated heterocycles. The molecule has 0 spiro atoms. The van der Waals surface area contributed by atoms with Crippen molar-refractivity contribution in [2.45, 2.75) is 25.4 Å². The summed E-state index contributed by atoms with van der Waals surface area (Å²) in [6.07, 6.45) is 0.980. The predicted octanol–water partition coefficient (Wildman–Crippen LogP) is 4.53. The van der Waals surface area contributed by atoms with Crippen molar-refractivity contribution in [2.75, 3.05) is 6.61 Å². The van der Waals surface area contributed by atoms with E-state index in [9.17, 15) is 14.7 Å². The van der Waals surface area contributed by atoms with Crippen molar-refractivity contribution in [1.29, 1.82) is 0 Å². The smallest absolute Gasteiger partial charge is 0.341 e. The topological polar surface area (TPSA) is 93.1 Å². The quantitative estimate of drug-likeness (QED) is 0.449. The van der Waals surface area contributed by atoms with Crippen molar-refractivity contribution in [1.82, 2.24) is 0 Å². The SMILES string of the molecule is O=C1OC(O)c2cc(Cl)ccc21.O=Cc1cc(Cl)ccc1Br.OC1CCCO1. The highest BCUT2D eigenvalue weighted by molar-refractivity contribution is 9.10. The Morgan fingerprint density at radius 2 is 1.79 bits per heavy atom. The Morgan fingerprint density at radius 1 is 1.11 bits per heavy atom. The van der Waals surface area contributed by atoms with Gasteiger partial charge in [0.2, 0.25) is 6.29 Å². The zero-order chi connectivity index (χ0) is 20.7. The van der Waals surface area contributed by atoms with Gasteiger partial charge in [-0.25, -0.2) is 4.79 Å². The molecular formula is C19H17BrCl2O6. The molecule has 2 aromatic carbocycles. The summed E-state index contributed by atoms with van der Waals surface area (Å²) in [4.78, 5) is 21.3. The van der Waals surface area contributed by atoms with E-state index in [1.807, 2.05) is 0 Å². The molecule has 2 aliphatic heterocycles. The van der Waals surface area contributed by atoms with Crippen LogP contribution in [0.1, 0.15) is 45.4 Å². The summed E-state index contributed by atoms with van der Waals surface area (Å²) in [5.74, 6) is -0.505. The fourth-order valence-electron chi connectivity index (χ4n) is 2.32. The van der Waals surface area contributed by atoms with Crippen molar-refractivity contribution < 1.29 is 29.3 Å². The van der Waals surface area contributed by atoms with Gasteiger partial charge in [-0.3, -0.25) is 4.79 Å². The number of carbonyl (C=O) groups excluding carboxylic acids is 2. The number of ether oxygens (including phenoxy) is 2. The van der Waals surface area contributed by atoms with E-state index in [-0.39, 0.29) is 0 Å². The first kappa shape index (κ1) is 22.8. The molecular weight excluding hydrogens is 475 g/mol. The highest BCUT2D eigenvalue weighted by atomic mass is 79.9. The number of hydrogen-bond donors (Lipinski definition) is 2. The first-order chi connectivity index (χ1) is 13.3. The van der Waals surface area contributed by atoms with Crippen LogP contribution in [0.2, 0.25) is 10.0 Å². The van der Waals surface area contributed by atoms with E-state index >= 15 is 0 Å². The predicted molar refractivity (Wildman–Crippen MR) is 108 cm³/mol. The normalized spacial score (nSPS) is 19.5. The second kappa shape index (κ2) is 10.9. The Morgan fingerprint density at radius 3 is 2.32 bits per heavy atom. The van der Waals surface area contributed by atoms with E-state index in [4.69, 9.17) is 33.0 Å². The van der Waals surface area contributed by atoms with Gasteiger partial charge in [-0.2, -0.15) is 0 Å². The van der Waals surface area contributed by atoms with Gasteiger partial charge in [0.1, 0.15) is 0 Å². The number of hydrogen-bond acceptors (Lipinski definition) is 6. The summed E-state index contributed by atoms with van der Waals surface area (Å²) >= 11 is 14.5. The van der Waals surface area contributed by atoms with Crippen LogP contribution < -0.4 is 0 Å². The van der Waals surface area contributed by atoms with Crippen LogP contribution in [0.5, 0.6) is 0 Å². The van der Waals surface area contributed by atoms with E-state index in [2.05, 4.69) is 20.7 Å². The number of fused-ring (bicyclic) bond motifs is 1. The van der Waals surface area contributed by atoms with Gasteiger partial charge in [0, 0.05) is 38.7 Å². The zero-order valence-electron chi connectivity index (χ0n) is 14.5. The van der Waals surface area contributed by atoms with E-state index in [0.29, 0.717) is 26.7 Å². The third kappa shape index (κ3) is 6.55. The summed E-state index contributed by atoms with van der Waals surface area (Å²) in [5, 5.41) is 18.7. The molecule has 2 N–H and O–H groups in total. The zero-order valence-corrected chi connectivity index (χ0v) is 17.6. The van der Waals surface area contributed by atoms with Crippen molar-refractivity contribution >= 4 is 51.4 Å². The average molecular weight is 492 g/mol. The van der Waals surface area contributed by atoms with E-state index in [1.54, 1.807) is 24.3 Å². The van der Waals surface area contributed by atoms with Crippen molar-refractivity contribution in [3.8, 4) is 0 Å². The van der Waals surface area contributed by atoms with Crippen LogP contribution in [-0.4, -0.2) is 35.4 Å². The molecule has 0 radical (unpaired) electrons. The number of cyclic esters (lactones) is 1. The third-order valence-corrected chi connectivity index (χ3v) is 4.90. The second-order valence-electron chi connectivity index (χ2n) is 5.74. The standard InChI is InChI=1S/C8H5ClO3.C7H4BrClO.C4H8O2/c9-4-1-2-5-6(3-4)8(11)12-7(5)10;8-7-2-1-6(9)3-5(7)4-10;5-4-2-1-3-6-4/h1-3,8,11H;1-4H;4-5H,1-3H2. The van der Waals surface area contributed by atoms with E-state index < -0.39 is 18.5 Å². The summed E-state index contributed by atoms with van der Waals surface area (Å²) in [6.45, 7) is 0.737. The Balaban J connectivity index is 0.000000159. The molecule has 28 heavy (non-hydrogen) atoms. The number of aldehydes is 1. The van der Waals surface area contributed by atoms with Crippen LogP contribution in [-0.2, 0) is 9.47 Å². The number of esters is 1. The average Bonchev–Trinajstić information content (AvgIpc) is 3.25. The number of halogens is 3. The monoisotopic (exact) mass is 490 g/mol. The third-order valence-electron chi connectivity index (χ3n) is 3.71. The molecule has 2 atom stereocenters. The fraction of sp³-hybridized carbons (Fsp3) is 0.263. The Kier molecular flexibility index (Phi) is 8.88. The maximum atomic E-state index is 11.0. The van der Waals surface area contributed by atoms with Gasteiger partial charge in [0.05, 0.1) is 5.56 Å². The molecule has 0 saturated carbocycles. The molecule has 2 heterocycles. The number of aliphatic hydroxyl groups is 2. The Labute approximate surface area is 180 Å². The Hall–Kier alpha value is -1.48. The molecule has 0 aliphatic carbocycles. The molecule has 1 fully saturated rings. The van der Waals surface area contributed by atoms with Crippen molar-refractivity contribution in [3.05, 3.63) is 67.6 Å². The van der Waals surface area contributed by atoms with Crippen LogP contribution in [0, 0.1) is 0 Å². The minimum absolute atomic E-state index is 0.381. The van der Waals surface area contributed by atoms with Gasteiger partial charge in [-0.15, -0.1) is 0 Å². The molecule has 2 unspecified atom stereocenters. The van der Waals surface area contributed by atoms with Crippen LogP contribution >= 0.6 is 39.1 Å². The molecule has 9 heteroatoms. The number of benzene rings is 2. The second-order valence-corrected chi connectivity index (χ2v) is 7.47. The lowest BCUT2D eigenvalue weighted by molar-refractivity contribution is -0.0590. The first-order valence-electron chi connectivity index (χ1n) is 8.20. The lowest BCUT2D eigenvalue weighted by Gasteiger charge is -2.00. The van der Waals surface area contributed by atoms with Gasteiger partial charge in [-0.1, -0.05) is 39.1 Å². The minimum atomic E-state index is -1.16. The van der Waals surface area contributed by atoms with Crippen LogP contribution in [0.3, 0.4) is 0 Å². The highest BCUT2D eigenvalue weighted by Crippen LogP contribution is 2.30.